The monoisotopic (exact) mass is 311 g/mol. The highest BCUT2D eigenvalue weighted by Crippen LogP contribution is 2.13. The van der Waals surface area contributed by atoms with Crippen LogP contribution in [0.5, 0.6) is 11.5 Å². The summed E-state index contributed by atoms with van der Waals surface area (Å²) in [4.78, 5) is 11.8. The molecule has 23 heavy (non-hydrogen) atoms. The second-order valence-electron chi connectivity index (χ2n) is 4.73. The summed E-state index contributed by atoms with van der Waals surface area (Å²) in [5, 5.41) is 8.70. The van der Waals surface area contributed by atoms with Gasteiger partial charge in [0.25, 0.3) is 0 Å². The van der Waals surface area contributed by atoms with Crippen LogP contribution < -0.4 is 9.47 Å². The van der Waals surface area contributed by atoms with Crippen molar-refractivity contribution in [3.8, 4) is 17.6 Å². The zero-order chi connectivity index (χ0) is 16.5. The first-order valence-corrected chi connectivity index (χ1v) is 7.13. The summed E-state index contributed by atoms with van der Waals surface area (Å²) in [7, 11) is 1.58. The van der Waals surface area contributed by atoms with Crippen LogP contribution in [0, 0.1) is 11.3 Å². The minimum atomic E-state index is -0.318. The molecular weight excluding hydrogens is 294 g/mol. The highest BCUT2D eigenvalue weighted by Gasteiger charge is 2.06. The largest absolute Gasteiger partial charge is 0.497 e. The van der Waals surface area contributed by atoms with Gasteiger partial charge in [0.2, 0.25) is 0 Å². The summed E-state index contributed by atoms with van der Waals surface area (Å²) in [5.74, 6) is 1.02. The molecule has 0 aliphatic rings. The molecule has 5 nitrogen and oxygen atoms in total. The molecule has 0 fully saturated rings. The first-order valence-electron chi connectivity index (χ1n) is 7.13. The van der Waals surface area contributed by atoms with E-state index in [2.05, 4.69) is 0 Å². The van der Waals surface area contributed by atoms with Crippen LogP contribution in [0.1, 0.15) is 11.1 Å². The minimum absolute atomic E-state index is 0.169. The first kappa shape index (κ1) is 16.4. The Balaban J connectivity index is 1.71. The van der Waals surface area contributed by atoms with Crippen molar-refractivity contribution >= 4 is 5.97 Å². The maximum Gasteiger partial charge on any atom is 0.310 e. The van der Waals surface area contributed by atoms with Gasteiger partial charge >= 0.3 is 5.97 Å². The fourth-order valence-corrected chi connectivity index (χ4v) is 1.94. The van der Waals surface area contributed by atoms with E-state index in [4.69, 9.17) is 19.5 Å². The number of ether oxygens (including phenoxy) is 3. The topological polar surface area (TPSA) is 68.6 Å². The van der Waals surface area contributed by atoms with Crippen LogP contribution in [-0.2, 0) is 16.0 Å². The second-order valence-corrected chi connectivity index (χ2v) is 4.73. The third-order valence-corrected chi connectivity index (χ3v) is 3.08. The molecule has 0 unspecified atom stereocenters. The van der Waals surface area contributed by atoms with Crippen LogP contribution in [0.15, 0.2) is 48.5 Å². The molecule has 0 saturated carbocycles. The van der Waals surface area contributed by atoms with E-state index in [9.17, 15) is 4.79 Å². The summed E-state index contributed by atoms with van der Waals surface area (Å²) in [5.41, 5.74) is 1.41. The molecular formula is C18H17NO4. The van der Waals surface area contributed by atoms with E-state index in [1.54, 1.807) is 37.4 Å². The summed E-state index contributed by atoms with van der Waals surface area (Å²) in [6.45, 7) is 0.429. The van der Waals surface area contributed by atoms with Crippen molar-refractivity contribution in [2.75, 3.05) is 20.3 Å². The Morgan fingerprint density at radius 2 is 1.87 bits per heavy atom. The number of carbonyl (C=O) groups is 1. The molecule has 0 amide bonds. The molecule has 0 saturated heterocycles. The molecule has 0 aromatic heterocycles. The van der Waals surface area contributed by atoms with E-state index < -0.39 is 0 Å². The molecule has 0 radical (unpaired) electrons. The number of hydrogen-bond donors (Lipinski definition) is 0. The van der Waals surface area contributed by atoms with Crippen molar-refractivity contribution in [1.29, 1.82) is 5.26 Å². The van der Waals surface area contributed by atoms with Crippen LogP contribution >= 0.6 is 0 Å². The van der Waals surface area contributed by atoms with Crippen molar-refractivity contribution in [1.82, 2.24) is 0 Å². The van der Waals surface area contributed by atoms with Crippen molar-refractivity contribution < 1.29 is 19.0 Å². The van der Waals surface area contributed by atoms with Gasteiger partial charge in [-0.05, 0) is 42.0 Å². The van der Waals surface area contributed by atoms with E-state index in [-0.39, 0.29) is 25.6 Å². The van der Waals surface area contributed by atoms with Crippen LogP contribution in [0.3, 0.4) is 0 Å². The van der Waals surface area contributed by atoms with Crippen molar-refractivity contribution in [2.24, 2.45) is 0 Å². The molecule has 0 spiro atoms. The molecule has 0 aliphatic carbocycles. The van der Waals surface area contributed by atoms with Gasteiger partial charge in [0.1, 0.15) is 24.7 Å². The molecule has 2 rings (SSSR count). The van der Waals surface area contributed by atoms with Gasteiger partial charge in [0.05, 0.1) is 25.2 Å². The highest BCUT2D eigenvalue weighted by atomic mass is 16.6. The lowest BCUT2D eigenvalue weighted by molar-refractivity contribution is -0.143. The smallest absolute Gasteiger partial charge is 0.310 e. The zero-order valence-electron chi connectivity index (χ0n) is 12.8. The Morgan fingerprint density at radius 3 is 2.57 bits per heavy atom. The Hall–Kier alpha value is -3.00. The third kappa shape index (κ3) is 5.36. The Kier molecular flexibility index (Phi) is 6.01. The molecule has 118 valence electrons. The summed E-state index contributed by atoms with van der Waals surface area (Å²) >= 11 is 0. The molecule has 2 aromatic carbocycles. The van der Waals surface area contributed by atoms with Crippen molar-refractivity contribution in [2.45, 2.75) is 6.42 Å². The lowest BCUT2D eigenvalue weighted by atomic mass is 10.1. The molecule has 0 N–H and O–H groups in total. The number of nitrogens with zero attached hydrogens (tertiary/aromatic N) is 1. The fraction of sp³-hybridized carbons (Fsp3) is 0.222. The standard InChI is InChI=1S/C18H17NO4/c1-21-17-4-2-3-15(11-17)12-18(20)23-10-9-22-16-7-5-14(13-19)6-8-16/h2-8,11H,9-10,12H2,1H3. The lowest BCUT2D eigenvalue weighted by Gasteiger charge is -2.08. The lowest BCUT2D eigenvalue weighted by Crippen LogP contribution is -2.14. The normalized spacial score (nSPS) is 9.74. The number of nitriles is 1. The Morgan fingerprint density at radius 1 is 1.09 bits per heavy atom. The van der Waals surface area contributed by atoms with E-state index in [0.29, 0.717) is 17.1 Å². The third-order valence-electron chi connectivity index (χ3n) is 3.08. The average Bonchev–Trinajstić information content (AvgIpc) is 2.59. The average molecular weight is 311 g/mol. The predicted octanol–water partition coefficient (Wildman–Crippen LogP) is 2.73. The molecule has 0 aliphatic heterocycles. The van der Waals surface area contributed by atoms with Gasteiger partial charge in [-0.1, -0.05) is 12.1 Å². The van der Waals surface area contributed by atoms with Crippen molar-refractivity contribution in [3.05, 3.63) is 59.7 Å². The second kappa shape index (κ2) is 8.44. The van der Waals surface area contributed by atoms with Crippen molar-refractivity contribution in [3.63, 3.8) is 0 Å². The highest BCUT2D eigenvalue weighted by molar-refractivity contribution is 5.72. The molecule has 0 heterocycles. The van der Waals surface area contributed by atoms with Gasteiger partial charge in [-0.25, -0.2) is 0 Å². The number of rotatable bonds is 7. The number of hydrogen-bond acceptors (Lipinski definition) is 5. The SMILES string of the molecule is COc1cccc(CC(=O)OCCOc2ccc(C#N)cc2)c1. The Labute approximate surface area is 135 Å². The van der Waals surface area contributed by atoms with Crippen LogP contribution in [0.4, 0.5) is 0 Å². The Bertz CT molecular complexity index is 689. The van der Waals surface area contributed by atoms with Gasteiger partial charge in [-0.3, -0.25) is 4.79 Å². The van der Waals surface area contributed by atoms with Gasteiger partial charge in [-0.15, -0.1) is 0 Å². The number of carbonyl (C=O) groups excluding carboxylic acids is 1. The number of methoxy groups -OCH3 is 1. The molecule has 5 heteroatoms. The van der Waals surface area contributed by atoms with Gasteiger partial charge < -0.3 is 14.2 Å². The quantitative estimate of drug-likeness (QED) is 0.581. The number of esters is 1. The first-order chi connectivity index (χ1) is 11.2. The number of benzene rings is 2. The van der Waals surface area contributed by atoms with Gasteiger partial charge in [0, 0.05) is 0 Å². The maximum absolute atomic E-state index is 11.8. The zero-order valence-corrected chi connectivity index (χ0v) is 12.8. The van der Waals surface area contributed by atoms with Crippen LogP contribution in [0.25, 0.3) is 0 Å². The molecule has 0 atom stereocenters. The molecule has 2 aromatic rings. The van der Waals surface area contributed by atoms with E-state index in [0.717, 1.165) is 5.56 Å². The predicted molar refractivity (Wildman–Crippen MR) is 84.3 cm³/mol. The molecule has 0 bridgehead atoms. The summed E-state index contributed by atoms with van der Waals surface area (Å²) < 4.78 is 15.7. The van der Waals surface area contributed by atoms with Gasteiger partial charge in [-0.2, -0.15) is 5.26 Å². The fourth-order valence-electron chi connectivity index (χ4n) is 1.94. The van der Waals surface area contributed by atoms with E-state index >= 15 is 0 Å². The van der Waals surface area contributed by atoms with E-state index in [1.165, 1.54) is 0 Å². The van der Waals surface area contributed by atoms with Crippen LogP contribution in [-0.4, -0.2) is 26.3 Å². The maximum atomic E-state index is 11.8. The summed E-state index contributed by atoms with van der Waals surface area (Å²) in [6.07, 6.45) is 0.189. The van der Waals surface area contributed by atoms with E-state index in [1.807, 2.05) is 24.3 Å². The minimum Gasteiger partial charge on any atom is -0.497 e. The van der Waals surface area contributed by atoms with Crippen LogP contribution in [0.2, 0.25) is 0 Å². The van der Waals surface area contributed by atoms with Gasteiger partial charge in [0.15, 0.2) is 0 Å². The summed E-state index contributed by atoms with van der Waals surface area (Å²) in [6, 6.07) is 16.1.